The standard InChI is InChI=1S/C17H17F3N4O3/c18-17(19,20)16-23-22-15(27-16)12-7-4-8-24(10-12)13(25)9-21-14(26)11-5-2-1-3-6-11/h1-3,5-6,12H,4,7-10H2,(H,21,26). The molecule has 10 heteroatoms. The second-order valence-corrected chi connectivity index (χ2v) is 6.17. The van der Waals surface area contributed by atoms with Gasteiger partial charge in [0.15, 0.2) is 0 Å². The van der Waals surface area contributed by atoms with E-state index < -0.39 is 18.0 Å². The molecule has 3 rings (SSSR count). The number of amides is 2. The van der Waals surface area contributed by atoms with E-state index in [2.05, 4.69) is 15.5 Å². The van der Waals surface area contributed by atoms with E-state index in [9.17, 15) is 22.8 Å². The summed E-state index contributed by atoms with van der Waals surface area (Å²) >= 11 is 0. The van der Waals surface area contributed by atoms with Gasteiger partial charge >= 0.3 is 12.1 Å². The first-order valence-electron chi connectivity index (χ1n) is 8.36. The zero-order valence-electron chi connectivity index (χ0n) is 14.2. The number of aromatic nitrogens is 2. The largest absolute Gasteiger partial charge is 0.470 e. The maximum atomic E-state index is 12.6. The van der Waals surface area contributed by atoms with E-state index in [4.69, 9.17) is 4.42 Å². The van der Waals surface area contributed by atoms with Crippen LogP contribution in [0.2, 0.25) is 0 Å². The molecule has 1 aliphatic rings. The fourth-order valence-corrected chi connectivity index (χ4v) is 2.88. The summed E-state index contributed by atoms with van der Waals surface area (Å²) in [6.45, 7) is 0.425. The number of benzene rings is 1. The fourth-order valence-electron chi connectivity index (χ4n) is 2.88. The van der Waals surface area contributed by atoms with Crippen molar-refractivity contribution in [2.24, 2.45) is 0 Å². The number of carbonyl (C=O) groups excluding carboxylic acids is 2. The van der Waals surface area contributed by atoms with E-state index in [0.717, 1.165) is 0 Å². The van der Waals surface area contributed by atoms with Crippen molar-refractivity contribution in [2.45, 2.75) is 24.9 Å². The van der Waals surface area contributed by atoms with E-state index in [0.29, 0.717) is 24.9 Å². The summed E-state index contributed by atoms with van der Waals surface area (Å²) in [7, 11) is 0. The molecule has 1 N–H and O–H groups in total. The summed E-state index contributed by atoms with van der Waals surface area (Å²) < 4.78 is 42.5. The summed E-state index contributed by atoms with van der Waals surface area (Å²) in [5.74, 6) is -2.68. The highest BCUT2D eigenvalue weighted by atomic mass is 19.4. The lowest BCUT2D eigenvalue weighted by Crippen LogP contribution is -2.44. The lowest BCUT2D eigenvalue weighted by Gasteiger charge is -2.31. The highest BCUT2D eigenvalue weighted by Gasteiger charge is 2.39. The highest BCUT2D eigenvalue weighted by Crippen LogP contribution is 2.31. The van der Waals surface area contributed by atoms with Gasteiger partial charge in [0.2, 0.25) is 11.8 Å². The third-order valence-corrected chi connectivity index (χ3v) is 4.24. The Morgan fingerprint density at radius 2 is 1.96 bits per heavy atom. The van der Waals surface area contributed by atoms with Gasteiger partial charge in [0.05, 0.1) is 12.5 Å². The molecule has 1 fully saturated rings. The van der Waals surface area contributed by atoms with Crippen molar-refractivity contribution >= 4 is 11.8 Å². The van der Waals surface area contributed by atoms with Crippen molar-refractivity contribution in [1.82, 2.24) is 20.4 Å². The smallest absolute Gasteiger partial charge is 0.417 e. The van der Waals surface area contributed by atoms with Crippen LogP contribution in [0.1, 0.15) is 40.9 Å². The highest BCUT2D eigenvalue weighted by molar-refractivity contribution is 5.96. The third kappa shape index (κ3) is 4.63. The molecule has 144 valence electrons. The number of nitrogens with zero attached hydrogens (tertiary/aromatic N) is 3. The van der Waals surface area contributed by atoms with E-state index >= 15 is 0 Å². The molecule has 2 amide bonds. The molecule has 27 heavy (non-hydrogen) atoms. The van der Waals surface area contributed by atoms with E-state index in [1.165, 1.54) is 4.90 Å². The van der Waals surface area contributed by atoms with Crippen molar-refractivity contribution in [3.05, 3.63) is 47.7 Å². The van der Waals surface area contributed by atoms with Crippen LogP contribution in [-0.2, 0) is 11.0 Å². The molecule has 0 radical (unpaired) electrons. The van der Waals surface area contributed by atoms with Gasteiger partial charge in [-0.3, -0.25) is 9.59 Å². The number of piperidine rings is 1. The minimum atomic E-state index is -4.70. The Balaban J connectivity index is 1.56. The Labute approximate surface area is 152 Å². The van der Waals surface area contributed by atoms with Gasteiger partial charge in [-0.15, -0.1) is 10.2 Å². The van der Waals surface area contributed by atoms with Crippen LogP contribution in [-0.4, -0.2) is 46.5 Å². The predicted octanol–water partition coefficient (Wildman–Crippen LogP) is 2.22. The molecule has 1 aromatic heterocycles. The molecular formula is C17H17F3N4O3. The topological polar surface area (TPSA) is 88.3 Å². The molecule has 1 aromatic carbocycles. The zero-order valence-corrected chi connectivity index (χ0v) is 14.2. The van der Waals surface area contributed by atoms with Gasteiger partial charge in [0.25, 0.3) is 5.91 Å². The molecule has 2 heterocycles. The van der Waals surface area contributed by atoms with E-state index in [1.54, 1.807) is 30.3 Å². The number of carbonyl (C=O) groups is 2. The van der Waals surface area contributed by atoms with Crippen LogP contribution >= 0.6 is 0 Å². The first-order valence-corrected chi connectivity index (χ1v) is 8.36. The van der Waals surface area contributed by atoms with Crippen molar-refractivity contribution in [2.75, 3.05) is 19.6 Å². The SMILES string of the molecule is O=C(NCC(=O)N1CCCC(c2nnc(C(F)(F)F)o2)C1)c1ccccc1. The van der Waals surface area contributed by atoms with Crippen LogP contribution in [0.25, 0.3) is 0 Å². The lowest BCUT2D eigenvalue weighted by molar-refractivity contribution is -0.157. The summed E-state index contributed by atoms with van der Waals surface area (Å²) in [6, 6.07) is 8.46. The van der Waals surface area contributed by atoms with Gasteiger partial charge in [0.1, 0.15) is 0 Å². The van der Waals surface area contributed by atoms with Gasteiger partial charge in [-0.2, -0.15) is 13.2 Å². The Bertz CT molecular complexity index is 807. The average molecular weight is 382 g/mol. The van der Waals surface area contributed by atoms with Gasteiger partial charge in [0, 0.05) is 18.7 Å². The summed E-state index contributed by atoms with van der Waals surface area (Å²) in [5, 5.41) is 9.04. The Morgan fingerprint density at radius 3 is 2.63 bits per heavy atom. The molecule has 1 atom stereocenters. The molecule has 1 unspecified atom stereocenters. The third-order valence-electron chi connectivity index (χ3n) is 4.24. The Hall–Kier alpha value is -2.91. The second-order valence-electron chi connectivity index (χ2n) is 6.17. The summed E-state index contributed by atoms with van der Waals surface area (Å²) in [6.07, 6.45) is -3.57. The molecule has 0 bridgehead atoms. The van der Waals surface area contributed by atoms with Crippen molar-refractivity contribution < 1.29 is 27.2 Å². The quantitative estimate of drug-likeness (QED) is 0.876. The number of hydrogen-bond donors (Lipinski definition) is 1. The molecular weight excluding hydrogens is 365 g/mol. The number of nitrogens with one attached hydrogen (secondary N) is 1. The monoisotopic (exact) mass is 382 g/mol. The minimum Gasteiger partial charge on any atom is -0.417 e. The Morgan fingerprint density at radius 1 is 1.22 bits per heavy atom. The number of hydrogen-bond acceptors (Lipinski definition) is 5. The molecule has 2 aromatic rings. The predicted molar refractivity (Wildman–Crippen MR) is 86.6 cm³/mol. The number of likely N-dealkylation sites (tertiary alicyclic amines) is 1. The van der Waals surface area contributed by atoms with Crippen molar-refractivity contribution in [3.63, 3.8) is 0 Å². The van der Waals surface area contributed by atoms with Crippen molar-refractivity contribution in [1.29, 1.82) is 0 Å². The molecule has 0 spiro atoms. The normalized spacial score (nSPS) is 17.6. The second kappa shape index (κ2) is 7.77. The van der Waals surface area contributed by atoms with E-state index in [1.807, 2.05) is 0 Å². The molecule has 0 aliphatic carbocycles. The maximum Gasteiger partial charge on any atom is 0.470 e. The van der Waals surface area contributed by atoms with Crippen LogP contribution in [0.15, 0.2) is 34.7 Å². The summed E-state index contributed by atoms with van der Waals surface area (Å²) in [5.41, 5.74) is 0.437. The Kier molecular flexibility index (Phi) is 5.43. The number of alkyl halides is 3. The summed E-state index contributed by atoms with van der Waals surface area (Å²) in [4.78, 5) is 25.8. The van der Waals surface area contributed by atoms with Crippen molar-refractivity contribution in [3.8, 4) is 0 Å². The van der Waals surface area contributed by atoms with Crippen LogP contribution in [0.3, 0.4) is 0 Å². The number of halogens is 3. The molecule has 1 aliphatic heterocycles. The van der Waals surface area contributed by atoms with Crippen LogP contribution < -0.4 is 5.32 Å². The van der Waals surface area contributed by atoms with Crippen LogP contribution in [0, 0.1) is 0 Å². The minimum absolute atomic E-state index is 0.131. The van der Waals surface area contributed by atoms with Gasteiger partial charge in [-0.1, -0.05) is 18.2 Å². The first-order chi connectivity index (χ1) is 12.8. The maximum absolute atomic E-state index is 12.6. The van der Waals surface area contributed by atoms with E-state index in [-0.39, 0.29) is 30.8 Å². The molecule has 1 saturated heterocycles. The zero-order chi connectivity index (χ0) is 19.4. The first kappa shape index (κ1) is 18.9. The van der Waals surface area contributed by atoms with Gasteiger partial charge in [-0.05, 0) is 25.0 Å². The van der Waals surface area contributed by atoms with Gasteiger partial charge in [-0.25, -0.2) is 0 Å². The van der Waals surface area contributed by atoms with Crippen LogP contribution in [0.5, 0.6) is 0 Å². The average Bonchev–Trinajstić information content (AvgIpc) is 3.17. The molecule has 7 nitrogen and oxygen atoms in total. The fraction of sp³-hybridized carbons (Fsp3) is 0.412. The van der Waals surface area contributed by atoms with Gasteiger partial charge < -0.3 is 14.6 Å². The number of rotatable bonds is 4. The van der Waals surface area contributed by atoms with Crippen LogP contribution in [0.4, 0.5) is 13.2 Å². The lowest BCUT2D eigenvalue weighted by atomic mass is 9.98. The molecule has 0 saturated carbocycles.